The van der Waals surface area contributed by atoms with Gasteiger partial charge < -0.3 is 10.4 Å². The SMILES string of the molecule is O=C(O)C1CCC1Nc1cc(F)c(Br)cc1F. The summed E-state index contributed by atoms with van der Waals surface area (Å²) >= 11 is 2.88. The van der Waals surface area contributed by atoms with Crippen molar-refractivity contribution >= 4 is 27.6 Å². The second-order valence-corrected chi connectivity index (χ2v) is 4.87. The fourth-order valence-electron chi connectivity index (χ4n) is 1.80. The van der Waals surface area contributed by atoms with Gasteiger partial charge in [0.25, 0.3) is 0 Å². The molecule has 0 saturated heterocycles. The molecule has 1 fully saturated rings. The summed E-state index contributed by atoms with van der Waals surface area (Å²) in [6.07, 6.45) is 1.21. The minimum absolute atomic E-state index is 0.00153. The molecule has 2 unspecified atom stereocenters. The number of carboxylic acids is 1. The number of carbonyl (C=O) groups is 1. The van der Waals surface area contributed by atoms with Gasteiger partial charge in [-0.25, -0.2) is 8.78 Å². The molecular formula is C11H10BrF2NO2. The van der Waals surface area contributed by atoms with Crippen LogP contribution in [0.25, 0.3) is 0 Å². The Balaban J connectivity index is 2.14. The van der Waals surface area contributed by atoms with Gasteiger partial charge in [-0.2, -0.15) is 0 Å². The fraction of sp³-hybridized carbons (Fsp3) is 0.364. The van der Waals surface area contributed by atoms with Crippen molar-refractivity contribution < 1.29 is 18.7 Å². The van der Waals surface area contributed by atoms with Gasteiger partial charge in [0.2, 0.25) is 0 Å². The molecule has 17 heavy (non-hydrogen) atoms. The highest BCUT2D eigenvalue weighted by molar-refractivity contribution is 9.10. The van der Waals surface area contributed by atoms with Crippen LogP contribution in [0, 0.1) is 17.6 Å². The number of anilines is 1. The largest absolute Gasteiger partial charge is 0.481 e. The molecule has 1 aliphatic rings. The summed E-state index contributed by atoms with van der Waals surface area (Å²) in [5, 5.41) is 11.6. The normalized spacial score (nSPS) is 23.0. The van der Waals surface area contributed by atoms with E-state index < -0.39 is 23.5 Å². The zero-order chi connectivity index (χ0) is 12.6. The zero-order valence-corrected chi connectivity index (χ0v) is 10.3. The van der Waals surface area contributed by atoms with Gasteiger partial charge in [0, 0.05) is 12.1 Å². The van der Waals surface area contributed by atoms with Gasteiger partial charge >= 0.3 is 5.97 Å². The smallest absolute Gasteiger partial charge is 0.308 e. The highest BCUT2D eigenvalue weighted by Crippen LogP contribution is 2.32. The molecule has 2 N–H and O–H groups in total. The van der Waals surface area contributed by atoms with Crippen molar-refractivity contribution in [2.75, 3.05) is 5.32 Å². The van der Waals surface area contributed by atoms with Crippen LogP contribution in [0.2, 0.25) is 0 Å². The van der Waals surface area contributed by atoms with Crippen LogP contribution in [-0.4, -0.2) is 17.1 Å². The first-order valence-corrected chi connectivity index (χ1v) is 5.92. The van der Waals surface area contributed by atoms with E-state index in [2.05, 4.69) is 21.2 Å². The molecule has 2 rings (SSSR count). The van der Waals surface area contributed by atoms with Crippen LogP contribution < -0.4 is 5.32 Å². The Morgan fingerprint density at radius 2 is 2.06 bits per heavy atom. The highest BCUT2D eigenvalue weighted by Gasteiger charge is 2.36. The Kier molecular flexibility index (Phi) is 3.33. The molecule has 2 atom stereocenters. The summed E-state index contributed by atoms with van der Waals surface area (Å²) in [5.41, 5.74) is 0.00153. The van der Waals surface area contributed by atoms with Crippen LogP contribution in [0.1, 0.15) is 12.8 Å². The lowest BCUT2D eigenvalue weighted by Gasteiger charge is -2.34. The van der Waals surface area contributed by atoms with Crippen LogP contribution in [0.15, 0.2) is 16.6 Å². The average molecular weight is 306 g/mol. The van der Waals surface area contributed by atoms with Crippen molar-refractivity contribution in [2.24, 2.45) is 5.92 Å². The monoisotopic (exact) mass is 305 g/mol. The molecule has 0 radical (unpaired) electrons. The molecule has 0 heterocycles. The number of rotatable bonds is 3. The van der Waals surface area contributed by atoms with Gasteiger partial charge in [-0.15, -0.1) is 0 Å². The maximum absolute atomic E-state index is 13.5. The zero-order valence-electron chi connectivity index (χ0n) is 8.71. The Hall–Kier alpha value is -1.17. The third-order valence-electron chi connectivity index (χ3n) is 2.94. The lowest BCUT2D eigenvalue weighted by Crippen LogP contribution is -2.43. The maximum Gasteiger partial charge on any atom is 0.308 e. The van der Waals surface area contributed by atoms with Crippen LogP contribution in [0.4, 0.5) is 14.5 Å². The number of hydrogen-bond donors (Lipinski definition) is 2. The third kappa shape index (κ3) is 2.41. The summed E-state index contributed by atoms with van der Waals surface area (Å²) in [7, 11) is 0. The Bertz CT molecular complexity index is 467. The second kappa shape index (κ2) is 4.60. The number of nitrogens with one attached hydrogen (secondary N) is 1. The van der Waals surface area contributed by atoms with Crippen molar-refractivity contribution in [1.29, 1.82) is 0 Å². The van der Waals surface area contributed by atoms with Crippen molar-refractivity contribution in [3.05, 3.63) is 28.2 Å². The number of hydrogen-bond acceptors (Lipinski definition) is 2. The molecular weight excluding hydrogens is 296 g/mol. The summed E-state index contributed by atoms with van der Waals surface area (Å²) in [6.45, 7) is 0. The topological polar surface area (TPSA) is 49.3 Å². The number of halogens is 3. The molecule has 1 saturated carbocycles. The second-order valence-electron chi connectivity index (χ2n) is 4.02. The van der Waals surface area contributed by atoms with Crippen LogP contribution in [-0.2, 0) is 4.79 Å². The number of benzene rings is 1. The van der Waals surface area contributed by atoms with E-state index >= 15 is 0 Å². The summed E-state index contributed by atoms with van der Waals surface area (Å²) in [5.74, 6) is -2.62. The van der Waals surface area contributed by atoms with E-state index in [9.17, 15) is 13.6 Å². The third-order valence-corrected chi connectivity index (χ3v) is 3.55. The molecule has 0 bridgehead atoms. The van der Waals surface area contributed by atoms with Crippen molar-refractivity contribution in [3.8, 4) is 0 Å². The fourth-order valence-corrected chi connectivity index (χ4v) is 2.12. The lowest BCUT2D eigenvalue weighted by atomic mass is 9.79. The Morgan fingerprint density at radius 1 is 1.35 bits per heavy atom. The molecule has 0 aromatic heterocycles. The van der Waals surface area contributed by atoms with E-state index in [0.29, 0.717) is 12.8 Å². The molecule has 0 spiro atoms. The number of aliphatic carboxylic acids is 1. The van der Waals surface area contributed by atoms with Crippen LogP contribution in [0.3, 0.4) is 0 Å². The standard InChI is InChI=1S/C11H10BrF2NO2/c12-6-3-8(14)10(4-7(6)13)15-9-2-1-5(9)11(16)17/h3-5,9,15H,1-2H2,(H,16,17). The quantitative estimate of drug-likeness (QED) is 0.844. The molecule has 1 aliphatic carbocycles. The van der Waals surface area contributed by atoms with E-state index in [1.54, 1.807) is 0 Å². The first-order valence-electron chi connectivity index (χ1n) is 5.13. The van der Waals surface area contributed by atoms with Gasteiger partial charge in [-0.05, 0) is 34.8 Å². The number of carboxylic acid groups (broad SMARTS) is 1. The van der Waals surface area contributed by atoms with Gasteiger partial charge in [-0.3, -0.25) is 4.79 Å². The maximum atomic E-state index is 13.5. The molecule has 3 nitrogen and oxygen atoms in total. The van der Waals surface area contributed by atoms with E-state index in [4.69, 9.17) is 5.11 Å². The Morgan fingerprint density at radius 3 is 2.59 bits per heavy atom. The predicted octanol–water partition coefficient (Wildman–Crippen LogP) is 3.00. The summed E-state index contributed by atoms with van der Waals surface area (Å²) < 4.78 is 26.7. The Labute approximate surface area is 105 Å². The highest BCUT2D eigenvalue weighted by atomic mass is 79.9. The summed E-state index contributed by atoms with van der Waals surface area (Å²) in [6, 6.07) is 1.71. The van der Waals surface area contributed by atoms with Crippen molar-refractivity contribution in [1.82, 2.24) is 0 Å². The first kappa shape index (κ1) is 12.3. The predicted molar refractivity (Wildman–Crippen MR) is 61.8 cm³/mol. The van der Waals surface area contributed by atoms with Crippen LogP contribution in [0.5, 0.6) is 0 Å². The molecule has 1 aromatic carbocycles. The van der Waals surface area contributed by atoms with E-state index in [1.807, 2.05) is 0 Å². The van der Waals surface area contributed by atoms with Crippen molar-refractivity contribution in [2.45, 2.75) is 18.9 Å². The molecule has 1 aromatic rings. The van der Waals surface area contributed by atoms with Crippen molar-refractivity contribution in [3.63, 3.8) is 0 Å². The van der Waals surface area contributed by atoms with E-state index in [1.165, 1.54) is 0 Å². The molecule has 0 aliphatic heterocycles. The minimum atomic E-state index is -0.910. The van der Waals surface area contributed by atoms with E-state index in [-0.39, 0.29) is 16.2 Å². The molecule has 92 valence electrons. The van der Waals surface area contributed by atoms with Gasteiger partial charge in [0.15, 0.2) is 0 Å². The lowest BCUT2D eigenvalue weighted by molar-refractivity contribution is -0.144. The molecule has 0 amide bonds. The van der Waals surface area contributed by atoms with Gasteiger partial charge in [0.1, 0.15) is 11.6 Å². The van der Waals surface area contributed by atoms with Crippen LogP contribution >= 0.6 is 15.9 Å². The van der Waals surface area contributed by atoms with Gasteiger partial charge in [-0.1, -0.05) is 0 Å². The molecule has 6 heteroatoms. The summed E-state index contributed by atoms with van der Waals surface area (Å²) in [4.78, 5) is 10.8. The first-order chi connectivity index (χ1) is 7.99. The van der Waals surface area contributed by atoms with E-state index in [0.717, 1.165) is 12.1 Å². The average Bonchev–Trinajstić information content (AvgIpc) is 2.18. The minimum Gasteiger partial charge on any atom is -0.481 e. The van der Waals surface area contributed by atoms with Gasteiger partial charge in [0.05, 0.1) is 16.1 Å².